The summed E-state index contributed by atoms with van der Waals surface area (Å²) in [6.45, 7) is 7.94. The normalized spacial score (nSPS) is 40.9. The van der Waals surface area contributed by atoms with Crippen LogP contribution < -0.4 is 5.32 Å². The van der Waals surface area contributed by atoms with Crippen LogP contribution in [0.2, 0.25) is 0 Å². The lowest BCUT2D eigenvalue weighted by molar-refractivity contribution is 0.0513. The Kier molecular flexibility index (Phi) is 4.66. The van der Waals surface area contributed by atoms with Gasteiger partial charge in [0, 0.05) is 19.2 Å². The fourth-order valence-electron chi connectivity index (χ4n) is 3.16. The standard InChI is InChI=1S/C14H27NO/c1-11-5-3-7-14(12(11)2)15-9-13-6-4-8-16-10-13/h11-15H,3-10H2,1-2H3. The van der Waals surface area contributed by atoms with Crippen molar-refractivity contribution in [3.8, 4) is 0 Å². The molecule has 2 aliphatic rings. The van der Waals surface area contributed by atoms with Crippen LogP contribution in [-0.4, -0.2) is 25.8 Å². The van der Waals surface area contributed by atoms with Crippen molar-refractivity contribution in [2.45, 2.75) is 52.0 Å². The first kappa shape index (κ1) is 12.4. The summed E-state index contributed by atoms with van der Waals surface area (Å²) < 4.78 is 5.53. The summed E-state index contributed by atoms with van der Waals surface area (Å²) >= 11 is 0. The fraction of sp³-hybridized carbons (Fsp3) is 1.00. The average molecular weight is 225 g/mol. The third kappa shape index (κ3) is 3.21. The van der Waals surface area contributed by atoms with E-state index in [9.17, 15) is 0 Å². The summed E-state index contributed by atoms with van der Waals surface area (Å²) in [5.41, 5.74) is 0. The van der Waals surface area contributed by atoms with E-state index in [-0.39, 0.29) is 0 Å². The van der Waals surface area contributed by atoms with E-state index in [0.717, 1.165) is 37.0 Å². The Labute approximate surface area is 100 Å². The maximum atomic E-state index is 5.53. The third-order valence-electron chi connectivity index (χ3n) is 4.63. The van der Waals surface area contributed by atoms with E-state index in [1.54, 1.807) is 0 Å². The molecule has 0 aromatic carbocycles. The van der Waals surface area contributed by atoms with Crippen LogP contribution in [0.3, 0.4) is 0 Å². The first-order chi connectivity index (χ1) is 7.77. The molecule has 94 valence electrons. The predicted octanol–water partition coefficient (Wildman–Crippen LogP) is 2.83. The Morgan fingerprint density at radius 2 is 2.00 bits per heavy atom. The number of rotatable bonds is 3. The first-order valence-corrected chi connectivity index (χ1v) is 7.08. The van der Waals surface area contributed by atoms with Gasteiger partial charge in [0.05, 0.1) is 6.61 Å². The second-order valence-corrected chi connectivity index (χ2v) is 5.87. The zero-order chi connectivity index (χ0) is 11.4. The Balaban J connectivity index is 1.71. The molecule has 1 N–H and O–H groups in total. The Morgan fingerprint density at radius 3 is 2.75 bits per heavy atom. The van der Waals surface area contributed by atoms with Crippen LogP contribution in [-0.2, 0) is 4.74 Å². The highest BCUT2D eigenvalue weighted by Gasteiger charge is 2.27. The van der Waals surface area contributed by atoms with E-state index >= 15 is 0 Å². The van der Waals surface area contributed by atoms with Crippen molar-refractivity contribution in [2.24, 2.45) is 17.8 Å². The first-order valence-electron chi connectivity index (χ1n) is 7.08. The van der Waals surface area contributed by atoms with E-state index in [0.29, 0.717) is 0 Å². The Hall–Kier alpha value is -0.0800. The molecule has 0 bridgehead atoms. The quantitative estimate of drug-likeness (QED) is 0.797. The molecule has 1 aliphatic carbocycles. The van der Waals surface area contributed by atoms with Gasteiger partial charge >= 0.3 is 0 Å². The second kappa shape index (κ2) is 6.02. The topological polar surface area (TPSA) is 21.3 Å². The van der Waals surface area contributed by atoms with Crippen molar-refractivity contribution in [3.63, 3.8) is 0 Å². The molecule has 0 aromatic rings. The summed E-state index contributed by atoms with van der Waals surface area (Å²) in [6.07, 6.45) is 6.81. The highest BCUT2D eigenvalue weighted by atomic mass is 16.5. The smallest absolute Gasteiger partial charge is 0.0506 e. The minimum Gasteiger partial charge on any atom is -0.381 e. The fourth-order valence-corrected chi connectivity index (χ4v) is 3.16. The van der Waals surface area contributed by atoms with E-state index in [4.69, 9.17) is 4.74 Å². The molecule has 2 heteroatoms. The Morgan fingerprint density at radius 1 is 1.12 bits per heavy atom. The lowest BCUT2D eigenvalue weighted by atomic mass is 9.78. The largest absolute Gasteiger partial charge is 0.381 e. The Bertz CT molecular complexity index is 201. The molecule has 1 heterocycles. The summed E-state index contributed by atoms with van der Waals surface area (Å²) in [6, 6.07) is 0.755. The minimum absolute atomic E-state index is 0.755. The molecule has 1 saturated carbocycles. The number of hydrogen-bond donors (Lipinski definition) is 1. The lowest BCUT2D eigenvalue weighted by Gasteiger charge is -2.36. The van der Waals surface area contributed by atoms with E-state index in [1.165, 1.54) is 38.6 Å². The van der Waals surface area contributed by atoms with Gasteiger partial charge in [-0.15, -0.1) is 0 Å². The van der Waals surface area contributed by atoms with E-state index < -0.39 is 0 Å². The zero-order valence-corrected chi connectivity index (χ0v) is 10.9. The highest BCUT2D eigenvalue weighted by Crippen LogP contribution is 2.29. The van der Waals surface area contributed by atoms with Crippen LogP contribution in [0.15, 0.2) is 0 Å². The molecule has 4 unspecified atom stereocenters. The molecule has 2 rings (SSSR count). The van der Waals surface area contributed by atoms with Gasteiger partial charge in [0.1, 0.15) is 0 Å². The average Bonchev–Trinajstić information content (AvgIpc) is 2.32. The molecule has 4 atom stereocenters. The maximum absolute atomic E-state index is 5.53. The molecule has 2 nitrogen and oxygen atoms in total. The van der Waals surface area contributed by atoms with Crippen molar-refractivity contribution in [3.05, 3.63) is 0 Å². The monoisotopic (exact) mass is 225 g/mol. The van der Waals surface area contributed by atoms with Gasteiger partial charge in [-0.05, 0) is 37.0 Å². The van der Waals surface area contributed by atoms with Gasteiger partial charge in [-0.3, -0.25) is 0 Å². The van der Waals surface area contributed by atoms with Crippen LogP contribution in [0.4, 0.5) is 0 Å². The lowest BCUT2D eigenvalue weighted by Crippen LogP contribution is -2.43. The molecule has 0 aromatic heterocycles. The molecule has 0 spiro atoms. The van der Waals surface area contributed by atoms with Gasteiger partial charge in [-0.2, -0.15) is 0 Å². The van der Waals surface area contributed by atoms with Crippen molar-refractivity contribution in [1.82, 2.24) is 5.32 Å². The van der Waals surface area contributed by atoms with Crippen LogP contribution in [0.5, 0.6) is 0 Å². The van der Waals surface area contributed by atoms with Crippen molar-refractivity contribution in [1.29, 1.82) is 0 Å². The van der Waals surface area contributed by atoms with Crippen LogP contribution in [0, 0.1) is 17.8 Å². The second-order valence-electron chi connectivity index (χ2n) is 5.87. The molecular formula is C14H27NO. The summed E-state index contributed by atoms with van der Waals surface area (Å²) in [5.74, 6) is 2.50. The van der Waals surface area contributed by atoms with Crippen molar-refractivity contribution in [2.75, 3.05) is 19.8 Å². The van der Waals surface area contributed by atoms with Crippen molar-refractivity contribution >= 4 is 0 Å². The van der Waals surface area contributed by atoms with Gasteiger partial charge in [0.15, 0.2) is 0 Å². The van der Waals surface area contributed by atoms with Gasteiger partial charge < -0.3 is 10.1 Å². The van der Waals surface area contributed by atoms with Crippen LogP contribution >= 0.6 is 0 Å². The summed E-state index contributed by atoms with van der Waals surface area (Å²) in [7, 11) is 0. The summed E-state index contributed by atoms with van der Waals surface area (Å²) in [4.78, 5) is 0. The number of nitrogens with one attached hydrogen (secondary N) is 1. The van der Waals surface area contributed by atoms with E-state index in [1.807, 2.05) is 0 Å². The molecule has 0 radical (unpaired) electrons. The molecule has 0 amide bonds. The molecule has 1 aliphatic heterocycles. The third-order valence-corrected chi connectivity index (χ3v) is 4.63. The SMILES string of the molecule is CC1CCCC(NCC2CCCOC2)C1C. The molecule has 2 fully saturated rings. The van der Waals surface area contributed by atoms with Crippen molar-refractivity contribution < 1.29 is 4.74 Å². The molecule has 16 heavy (non-hydrogen) atoms. The maximum Gasteiger partial charge on any atom is 0.0506 e. The summed E-state index contributed by atoms with van der Waals surface area (Å²) in [5, 5.41) is 3.79. The zero-order valence-electron chi connectivity index (χ0n) is 10.9. The molecule has 1 saturated heterocycles. The minimum atomic E-state index is 0.755. The predicted molar refractivity (Wildman–Crippen MR) is 67.5 cm³/mol. The molecular weight excluding hydrogens is 198 g/mol. The van der Waals surface area contributed by atoms with E-state index in [2.05, 4.69) is 19.2 Å². The number of hydrogen-bond acceptors (Lipinski definition) is 2. The van der Waals surface area contributed by atoms with Gasteiger partial charge in [-0.1, -0.05) is 26.7 Å². The van der Waals surface area contributed by atoms with Gasteiger partial charge in [-0.25, -0.2) is 0 Å². The van der Waals surface area contributed by atoms with Gasteiger partial charge in [0.25, 0.3) is 0 Å². The highest BCUT2D eigenvalue weighted by molar-refractivity contribution is 4.83. The van der Waals surface area contributed by atoms with Crippen LogP contribution in [0.1, 0.15) is 46.0 Å². The number of ether oxygens (including phenoxy) is 1. The van der Waals surface area contributed by atoms with Gasteiger partial charge in [0.2, 0.25) is 0 Å². The van der Waals surface area contributed by atoms with Crippen LogP contribution in [0.25, 0.3) is 0 Å².